The third-order valence-corrected chi connectivity index (χ3v) is 3.26. The van der Waals surface area contributed by atoms with Gasteiger partial charge in [-0.05, 0) is 13.3 Å². The molecule has 114 valence electrons. The second-order valence-corrected chi connectivity index (χ2v) is 5.39. The van der Waals surface area contributed by atoms with Crippen molar-refractivity contribution in [3.8, 4) is 0 Å². The first kappa shape index (κ1) is 16.7. The molecule has 0 fully saturated rings. The molecule has 0 aliphatic carbocycles. The molecule has 1 atom stereocenters. The highest BCUT2D eigenvalue weighted by Gasteiger charge is 2.15. The molecule has 1 aromatic heterocycles. The normalized spacial score (nSPS) is 12.6. The first-order chi connectivity index (χ1) is 9.53. The van der Waals surface area contributed by atoms with E-state index < -0.39 is 0 Å². The summed E-state index contributed by atoms with van der Waals surface area (Å²) in [5.41, 5.74) is 1.05. The zero-order valence-corrected chi connectivity index (χ0v) is 13.6. The first-order valence-corrected chi connectivity index (χ1v) is 7.35. The van der Waals surface area contributed by atoms with Crippen molar-refractivity contribution in [2.75, 3.05) is 31.4 Å². The van der Waals surface area contributed by atoms with E-state index in [0.29, 0.717) is 12.5 Å². The van der Waals surface area contributed by atoms with Gasteiger partial charge in [0.15, 0.2) is 0 Å². The highest BCUT2D eigenvalue weighted by atomic mass is 16.5. The van der Waals surface area contributed by atoms with Crippen molar-refractivity contribution in [3.63, 3.8) is 0 Å². The van der Waals surface area contributed by atoms with Crippen LogP contribution in [0, 0.1) is 6.92 Å². The molecule has 0 spiro atoms. The van der Waals surface area contributed by atoms with Gasteiger partial charge in [0.05, 0.1) is 12.6 Å². The second kappa shape index (κ2) is 8.04. The van der Waals surface area contributed by atoms with Gasteiger partial charge in [0.2, 0.25) is 0 Å². The Balaban J connectivity index is 3.05. The van der Waals surface area contributed by atoms with Crippen molar-refractivity contribution in [1.82, 2.24) is 9.97 Å². The van der Waals surface area contributed by atoms with Crippen LogP contribution in [0.25, 0.3) is 0 Å². The lowest BCUT2D eigenvalue weighted by Gasteiger charge is -2.21. The Hall–Kier alpha value is -1.36. The number of anilines is 2. The Morgan fingerprint density at radius 2 is 1.85 bits per heavy atom. The van der Waals surface area contributed by atoms with Crippen molar-refractivity contribution in [2.24, 2.45) is 0 Å². The molecule has 5 nitrogen and oxygen atoms in total. The van der Waals surface area contributed by atoms with Crippen molar-refractivity contribution in [2.45, 2.75) is 52.5 Å². The zero-order valence-electron chi connectivity index (χ0n) is 13.6. The van der Waals surface area contributed by atoms with Gasteiger partial charge in [-0.3, -0.25) is 0 Å². The van der Waals surface area contributed by atoms with Crippen LogP contribution in [0.2, 0.25) is 0 Å². The minimum absolute atomic E-state index is 0.281. The van der Waals surface area contributed by atoms with E-state index in [0.717, 1.165) is 35.9 Å². The summed E-state index contributed by atoms with van der Waals surface area (Å²) in [4.78, 5) is 9.22. The predicted octanol–water partition coefficient (Wildman–Crippen LogP) is 3.18. The van der Waals surface area contributed by atoms with Gasteiger partial charge < -0.3 is 15.4 Å². The van der Waals surface area contributed by atoms with Crippen molar-refractivity contribution in [1.29, 1.82) is 0 Å². The van der Waals surface area contributed by atoms with Gasteiger partial charge in [-0.1, -0.05) is 27.2 Å². The summed E-state index contributed by atoms with van der Waals surface area (Å²) < 4.78 is 5.28. The smallest absolute Gasteiger partial charge is 0.135 e. The maximum absolute atomic E-state index is 5.28. The lowest BCUT2D eigenvalue weighted by Crippen LogP contribution is -2.26. The van der Waals surface area contributed by atoms with Crippen LogP contribution in [-0.4, -0.2) is 36.8 Å². The van der Waals surface area contributed by atoms with Crippen molar-refractivity contribution in [3.05, 3.63) is 11.4 Å². The van der Waals surface area contributed by atoms with Crippen LogP contribution in [0.1, 0.15) is 50.9 Å². The highest BCUT2D eigenvalue weighted by molar-refractivity contribution is 5.57. The number of hydrogen-bond donors (Lipinski definition) is 2. The third-order valence-electron chi connectivity index (χ3n) is 3.26. The SMILES string of the molecule is CCCC(COC)Nc1nc(C(C)C)nc(NC)c1C. The number of aromatic nitrogens is 2. The molecule has 1 heterocycles. The molecule has 1 aromatic rings. The zero-order chi connectivity index (χ0) is 15.1. The molecule has 0 bridgehead atoms. The molecule has 20 heavy (non-hydrogen) atoms. The molecule has 0 radical (unpaired) electrons. The molecule has 5 heteroatoms. The van der Waals surface area contributed by atoms with E-state index in [9.17, 15) is 0 Å². The van der Waals surface area contributed by atoms with Gasteiger partial charge in [0.1, 0.15) is 17.5 Å². The summed E-state index contributed by atoms with van der Waals surface area (Å²) in [7, 11) is 3.62. The molecule has 0 amide bonds. The summed E-state index contributed by atoms with van der Waals surface area (Å²) in [5.74, 6) is 2.95. The molecular weight excluding hydrogens is 252 g/mol. The number of ether oxygens (including phenoxy) is 1. The molecule has 0 aromatic carbocycles. The standard InChI is InChI=1S/C15H28N4O/c1-7-8-12(9-20-6)17-15-11(4)14(16-5)18-13(19-15)10(2)3/h10,12H,7-9H2,1-6H3,(H2,16,17,18,19). The minimum atomic E-state index is 0.281. The van der Waals surface area contributed by atoms with E-state index in [2.05, 4.69) is 41.4 Å². The van der Waals surface area contributed by atoms with Crippen LogP contribution in [0.5, 0.6) is 0 Å². The predicted molar refractivity (Wildman–Crippen MR) is 84.6 cm³/mol. The van der Waals surface area contributed by atoms with Crippen LogP contribution in [0.15, 0.2) is 0 Å². The van der Waals surface area contributed by atoms with Gasteiger partial charge >= 0.3 is 0 Å². The Labute approximate surface area is 122 Å². The maximum atomic E-state index is 5.28. The minimum Gasteiger partial charge on any atom is -0.383 e. The monoisotopic (exact) mass is 280 g/mol. The Bertz CT molecular complexity index is 415. The number of rotatable bonds is 8. The first-order valence-electron chi connectivity index (χ1n) is 7.35. The van der Waals surface area contributed by atoms with Gasteiger partial charge in [-0.25, -0.2) is 9.97 Å². The molecule has 0 saturated carbocycles. The fraction of sp³-hybridized carbons (Fsp3) is 0.733. The van der Waals surface area contributed by atoms with Gasteiger partial charge in [-0.2, -0.15) is 0 Å². The maximum Gasteiger partial charge on any atom is 0.135 e. The van der Waals surface area contributed by atoms with Crippen LogP contribution in [0.4, 0.5) is 11.6 Å². The average molecular weight is 280 g/mol. The lowest BCUT2D eigenvalue weighted by atomic mass is 10.1. The molecule has 0 aliphatic heterocycles. The summed E-state index contributed by atoms with van der Waals surface area (Å²) in [5, 5.41) is 6.65. The summed E-state index contributed by atoms with van der Waals surface area (Å²) >= 11 is 0. The third kappa shape index (κ3) is 4.34. The van der Waals surface area contributed by atoms with E-state index in [1.165, 1.54) is 0 Å². The summed E-state index contributed by atoms with van der Waals surface area (Å²) in [6.07, 6.45) is 2.17. The van der Waals surface area contributed by atoms with E-state index in [1.807, 2.05) is 14.0 Å². The van der Waals surface area contributed by atoms with Gasteiger partial charge in [-0.15, -0.1) is 0 Å². The Kier molecular flexibility index (Phi) is 6.71. The molecular formula is C15H28N4O. The van der Waals surface area contributed by atoms with E-state index in [-0.39, 0.29) is 6.04 Å². The van der Waals surface area contributed by atoms with Crippen LogP contribution >= 0.6 is 0 Å². The van der Waals surface area contributed by atoms with Crippen molar-refractivity contribution < 1.29 is 4.74 Å². The summed E-state index contributed by atoms with van der Waals surface area (Å²) in [6, 6.07) is 0.281. The molecule has 2 N–H and O–H groups in total. The van der Waals surface area contributed by atoms with Crippen LogP contribution < -0.4 is 10.6 Å². The Morgan fingerprint density at radius 3 is 2.35 bits per heavy atom. The number of hydrogen-bond acceptors (Lipinski definition) is 5. The summed E-state index contributed by atoms with van der Waals surface area (Å²) in [6.45, 7) is 9.10. The van der Waals surface area contributed by atoms with Crippen LogP contribution in [0.3, 0.4) is 0 Å². The van der Waals surface area contributed by atoms with E-state index in [4.69, 9.17) is 4.74 Å². The fourth-order valence-electron chi connectivity index (χ4n) is 2.12. The van der Waals surface area contributed by atoms with Gasteiger partial charge in [0, 0.05) is 25.6 Å². The number of nitrogens with one attached hydrogen (secondary N) is 2. The van der Waals surface area contributed by atoms with E-state index >= 15 is 0 Å². The highest BCUT2D eigenvalue weighted by Crippen LogP contribution is 2.23. The second-order valence-electron chi connectivity index (χ2n) is 5.39. The number of methoxy groups -OCH3 is 1. The molecule has 0 saturated heterocycles. The van der Waals surface area contributed by atoms with Gasteiger partial charge in [0.25, 0.3) is 0 Å². The van der Waals surface area contributed by atoms with Crippen molar-refractivity contribution >= 4 is 11.6 Å². The van der Waals surface area contributed by atoms with E-state index in [1.54, 1.807) is 7.11 Å². The largest absolute Gasteiger partial charge is 0.383 e. The molecule has 1 unspecified atom stereocenters. The Morgan fingerprint density at radius 1 is 1.20 bits per heavy atom. The number of nitrogens with zero attached hydrogens (tertiary/aromatic N) is 2. The molecule has 1 rings (SSSR count). The average Bonchev–Trinajstić information content (AvgIpc) is 2.41. The molecule has 0 aliphatic rings. The topological polar surface area (TPSA) is 59.1 Å². The quantitative estimate of drug-likeness (QED) is 0.766. The fourth-order valence-corrected chi connectivity index (χ4v) is 2.12. The lowest BCUT2D eigenvalue weighted by molar-refractivity contribution is 0.182. The van der Waals surface area contributed by atoms with Crippen LogP contribution in [-0.2, 0) is 4.74 Å².